The Bertz CT molecular complexity index is 805. The third-order valence-corrected chi connectivity index (χ3v) is 3.23. The molecule has 0 aliphatic rings. The predicted molar refractivity (Wildman–Crippen MR) is 87.4 cm³/mol. The van der Waals surface area contributed by atoms with E-state index >= 15 is 0 Å². The molecule has 116 valence electrons. The number of hydrogen-bond donors (Lipinski definition) is 2. The van der Waals surface area contributed by atoms with Gasteiger partial charge in [0.15, 0.2) is 6.61 Å². The van der Waals surface area contributed by atoms with E-state index in [9.17, 15) is 4.79 Å². The van der Waals surface area contributed by atoms with Crippen LogP contribution in [0.2, 0.25) is 5.02 Å². The lowest BCUT2D eigenvalue weighted by molar-refractivity contribution is -0.118. The highest BCUT2D eigenvalue weighted by Crippen LogP contribution is 2.18. The summed E-state index contributed by atoms with van der Waals surface area (Å²) in [7, 11) is 0. The molecule has 0 spiro atoms. The minimum Gasteiger partial charge on any atom is -0.455 e. The largest absolute Gasteiger partial charge is 0.455 e. The fraction of sp³-hybridized carbons (Fsp3) is 0.0625. The van der Waals surface area contributed by atoms with E-state index in [1.54, 1.807) is 42.9 Å². The Morgan fingerprint density at radius 3 is 2.87 bits per heavy atom. The van der Waals surface area contributed by atoms with Crippen LogP contribution in [0.15, 0.2) is 55.0 Å². The maximum atomic E-state index is 11.8. The van der Waals surface area contributed by atoms with Crippen LogP contribution in [0.4, 0.5) is 5.69 Å². The number of carbonyl (C=O) groups excluding carboxylic acids is 1. The van der Waals surface area contributed by atoms with E-state index in [-0.39, 0.29) is 18.5 Å². The van der Waals surface area contributed by atoms with Crippen molar-refractivity contribution in [2.75, 3.05) is 11.9 Å². The van der Waals surface area contributed by atoms with E-state index in [1.807, 2.05) is 12.1 Å². The zero-order chi connectivity index (χ0) is 16.1. The molecule has 2 heterocycles. The van der Waals surface area contributed by atoms with Crippen molar-refractivity contribution >= 4 is 23.2 Å². The van der Waals surface area contributed by atoms with Gasteiger partial charge in [-0.25, -0.2) is 4.98 Å². The normalized spacial score (nSPS) is 10.3. The maximum Gasteiger partial charge on any atom is 0.294 e. The number of nitrogens with one attached hydrogen (secondary N) is 2. The summed E-state index contributed by atoms with van der Waals surface area (Å²) in [5, 5.41) is 3.25. The summed E-state index contributed by atoms with van der Waals surface area (Å²) < 4.78 is 5.35. The molecule has 1 amide bonds. The number of rotatable bonds is 5. The lowest BCUT2D eigenvalue weighted by Crippen LogP contribution is -2.20. The molecule has 3 aromatic rings. The number of carbonyl (C=O) groups is 1. The molecule has 0 fully saturated rings. The van der Waals surface area contributed by atoms with Crippen molar-refractivity contribution in [2.24, 2.45) is 0 Å². The summed E-state index contributed by atoms with van der Waals surface area (Å²) in [6.45, 7) is -0.157. The van der Waals surface area contributed by atoms with Crippen molar-refractivity contribution in [2.45, 2.75) is 0 Å². The molecule has 0 radical (unpaired) electrons. The van der Waals surface area contributed by atoms with Gasteiger partial charge in [-0.1, -0.05) is 17.7 Å². The quantitative estimate of drug-likeness (QED) is 0.754. The molecule has 0 unspecified atom stereocenters. The van der Waals surface area contributed by atoms with E-state index in [1.165, 1.54) is 0 Å². The first-order valence-corrected chi connectivity index (χ1v) is 7.22. The second kappa shape index (κ2) is 6.93. The number of anilines is 1. The van der Waals surface area contributed by atoms with Gasteiger partial charge >= 0.3 is 0 Å². The predicted octanol–water partition coefficient (Wildman–Crippen LogP) is 3.14. The molecule has 3 rings (SSSR count). The molecular formula is C16H13ClN4O2. The van der Waals surface area contributed by atoms with Crippen molar-refractivity contribution in [3.63, 3.8) is 0 Å². The molecule has 0 bridgehead atoms. The Kier molecular flexibility index (Phi) is 4.54. The van der Waals surface area contributed by atoms with Gasteiger partial charge in [-0.2, -0.15) is 0 Å². The maximum absolute atomic E-state index is 11.8. The monoisotopic (exact) mass is 328 g/mol. The number of benzene rings is 1. The summed E-state index contributed by atoms with van der Waals surface area (Å²) in [5.41, 5.74) is 2.34. The van der Waals surface area contributed by atoms with Crippen LogP contribution in [0.3, 0.4) is 0 Å². The second-order valence-electron chi connectivity index (χ2n) is 4.69. The van der Waals surface area contributed by atoms with E-state index in [4.69, 9.17) is 16.3 Å². The van der Waals surface area contributed by atoms with Crippen molar-refractivity contribution in [1.82, 2.24) is 15.0 Å². The Labute approximate surface area is 137 Å². The molecule has 23 heavy (non-hydrogen) atoms. The van der Waals surface area contributed by atoms with Gasteiger partial charge in [-0.15, -0.1) is 0 Å². The number of imidazole rings is 1. The van der Waals surface area contributed by atoms with E-state index in [2.05, 4.69) is 20.3 Å². The fourth-order valence-electron chi connectivity index (χ4n) is 1.95. The topological polar surface area (TPSA) is 79.9 Å². The van der Waals surface area contributed by atoms with Gasteiger partial charge < -0.3 is 15.0 Å². The van der Waals surface area contributed by atoms with Crippen LogP contribution >= 0.6 is 11.6 Å². The number of H-pyrrole nitrogens is 1. The number of amides is 1. The molecule has 0 saturated heterocycles. The average molecular weight is 329 g/mol. The Morgan fingerprint density at radius 2 is 2.09 bits per heavy atom. The van der Waals surface area contributed by atoms with E-state index in [0.29, 0.717) is 10.7 Å². The Balaban J connectivity index is 1.56. The van der Waals surface area contributed by atoms with Crippen LogP contribution < -0.4 is 10.1 Å². The van der Waals surface area contributed by atoms with Gasteiger partial charge in [-0.3, -0.25) is 9.78 Å². The van der Waals surface area contributed by atoms with Crippen LogP contribution in [0.25, 0.3) is 11.3 Å². The Morgan fingerprint density at radius 1 is 1.26 bits per heavy atom. The number of aromatic nitrogens is 3. The zero-order valence-electron chi connectivity index (χ0n) is 12.0. The number of pyridine rings is 1. The molecule has 0 saturated carbocycles. The van der Waals surface area contributed by atoms with Crippen molar-refractivity contribution in [3.05, 3.63) is 60.0 Å². The average Bonchev–Trinajstić information content (AvgIpc) is 3.03. The van der Waals surface area contributed by atoms with Crippen LogP contribution in [0.5, 0.6) is 6.01 Å². The standard InChI is InChI=1S/C16H13ClN4O2/c17-12-2-1-3-13(8-12)20-15(22)10-23-16-19-9-14(21-16)11-4-6-18-7-5-11/h1-9H,10H2,(H,19,21)(H,20,22). The number of ether oxygens (including phenoxy) is 1. The van der Waals surface area contributed by atoms with Crippen molar-refractivity contribution in [3.8, 4) is 17.3 Å². The first-order chi connectivity index (χ1) is 11.2. The summed E-state index contributed by atoms with van der Waals surface area (Å²) in [6, 6.07) is 10.9. The molecule has 2 N–H and O–H groups in total. The number of hydrogen-bond acceptors (Lipinski definition) is 4. The second-order valence-corrected chi connectivity index (χ2v) is 5.12. The van der Waals surface area contributed by atoms with Crippen LogP contribution in [-0.4, -0.2) is 27.5 Å². The van der Waals surface area contributed by atoms with Gasteiger partial charge in [0, 0.05) is 28.7 Å². The minimum absolute atomic E-state index is 0.157. The SMILES string of the molecule is O=C(COc1ncc(-c2ccncc2)[nH]1)Nc1cccc(Cl)c1. The molecule has 0 aliphatic carbocycles. The lowest BCUT2D eigenvalue weighted by atomic mass is 10.2. The summed E-state index contributed by atoms with van der Waals surface area (Å²) in [4.78, 5) is 22.9. The molecule has 0 aliphatic heterocycles. The summed E-state index contributed by atoms with van der Waals surface area (Å²) in [5.74, 6) is -0.297. The smallest absolute Gasteiger partial charge is 0.294 e. The van der Waals surface area contributed by atoms with Gasteiger partial charge in [0.25, 0.3) is 11.9 Å². The number of nitrogens with zero attached hydrogens (tertiary/aromatic N) is 2. The summed E-state index contributed by atoms with van der Waals surface area (Å²) in [6.07, 6.45) is 5.02. The molecule has 0 atom stereocenters. The lowest BCUT2D eigenvalue weighted by Gasteiger charge is -2.05. The molecule has 7 heteroatoms. The third kappa shape index (κ3) is 4.08. The first-order valence-electron chi connectivity index (χ1n) is 6.84. The fourth-order valence-corrected chi connectivity index (χ4v) is 2.14. The first kappa shape index (κ1) is 15.1. The number of aromatic amines is 1. The van der Waals surface area contributed by atoms with Crippen LogP contribution in [0.1, 0.15) is 0 Å². The van der Waals surface area contributed by atoms with Gasteiger partial charge in [0.1, 0.15) is 0 Å². The summed E-state index contributed by atoms with van der Waals surface area (Å²) >= 11 is 5.86. The number of halogens is 1. The molecule has 1 aromatic carbocycles. The van der Waals surface area contributed by atoms with Gasteiger partial charge in [0.05, 0.1) is 11.9 Å². The highest BCUT2D eigenvalue weighted by molar-refractivity contribution is 6.30. The third-order valence-electron chi connectivity index (χ3n) is 2.99. The molecule has 2 aromatic heterocycles. The molecule has 6 nitrogen and oxygen atoms in total. The highest BCUT2D eigenvalue weighted by atomic mass is 35.5. The van der Waals surface area contributed by atoms with E-state index < -0.39 is 0 Å². The van der Waals surface area contributed by atoms with Crippen molar-refractivity contribution < 1.29 is 9.53 Å². The van der Waals surface area contributed by atoms with Crippen LogP contribution in [-0.2, 0) is 4.79 Å². The molecular weight excluding hydrogens is 316 g/mol. The van der Waals surface area contributed by atoms with Crippen LogP contribution in [0, 0.1) is 0 Å². The minimum atomic E-state index is -0.297. The van der Waals surface area contributed by atoms with E-state index in [0.717, 1.165) is 11.3 Å². The van der Waals surface area contributed by atoms with Gasteiger partial charge in [-0.05, 0) is 30.3 Å². The van der Waals surface area contributed by atoms with Gasteiger partial charge in [0.2, 0.25) is 0 Å². The van der Waals surface area contributed by atoms with Crippen molar-refractivity contribution in [1.29, 1.82) is 0 Å². The highest BCUT2D eigenvalue weighted by Gasteiger charge is 2.07. The Hall–Kier alpha value is -2.86. The zero-order valence-corrected chi connectivity index (χ0v) is 12.7.